The normalized spacial score (nSPS) is 31.4. The number of hydrogen-bond donors (Lipinski definition) is 2. The largest absolute Gasteiger partial charge is 0.481 e. The SMILES string of the molecule is CC(C)(CN1CCCC2CNCC21)C(=O)O. The summed E-state index contributed by atoms with van der Waals surface area (Å²) < 4.78 is 0. The first kappa shape index (κ1) is 11.9. The number of carbonyl (C=O) groups is 1. The average Bonchev–Trinajstić information content (AvgIpc) is 2.65. The van der Waals surface area contributed by atoms with Crippen molar-refractivity contribution in [3.05, 3.63) is 0 Å². The molecule has 2 heterocycles. The molecule has 4 heteroatoms. The number of hydrogen-bond acceptors (Lipinski definition) is 3. The average molecular weight is 226 g/mol. The molecule has 0 aromatic heterocycles. The maximum absolute atomic E-state index is 11.1. The van der Waals surface area contributed by atoms with Crippen LogP contribution in [0.1, 0.15) is 26.7 Å². The molecular weight excluding hydrogens is 204 g/mol. The highest BCUT2D eigenvalue weighted by atomic mass is 16.4. The number of nitrogens with one attached hydrogen (secondary N) is 1. The molecule has 4 nitrogen and oxygen atoms in total. The molecule has 2 aliphatic rings. The Morgan fingerprint density at radius 2 is 2.25 bits per heavy atom. The quantitative estimate of drug-likeness (QED) is 0.747. The van der Waals surface area contributed by atoms with Gasteiger partial charge in [-0.15, -0.1) is 0 Å². The van der Waals surface area contributed by atoms with Gasteiger partial charge in [-0.25, -0.2) is 0 Å². The van der Waals surface area contributed by atoms with Gasteiger partial charge in [0.05, 0.1) is 5.41 Å². The van der Waals surface area contributed by atoms with Crippen LogP contribution in [0.4, 0.5) is 0 Å². The van der Waals surface area contributed by atoms with E-state index in [2.05, 4.69) is 10.2 Å². The highest BCUT2D eigenvalue weighted by molar-refractivity contribution is 5.73. The Labute approximate surface area is 97.0 Å². The minimum absolute atomic E-state index is 0.562. The molecule has 0 radical (unpaired) electrons. The summed E-state index contributed by atoms with van der Waals surface area (Å²) in [4.78, 5) is 13.5. The van der Waals surface area contributed by atoms with Crippen molar-refractivity contribution in [2.75, 3.05) is 26.2 Å². The van der Waals surface area contributed by atoms with Crippen LogP contribution in [0.5, 0.6) is 0 Å². The lowest BCUT2D eigenvalue weighted by molar-refractivity contribution is -0.148. The summed E-state index contributed by atoms with van der Waals surface area (Å²) in [7, 11) is 0. The summed E-state index contributed by atoms with van der Waals surface area (Å²) >= 11 is 0. The van der Waals surface area contributed by atoms with Gasteiger partial charge in [0.25, 0.3) is 0 Å². The second-order valence-electron chi connectivity index (χ2n) is 5.79. The third-order valence-electron chi connectivity index (χ3n) is 3.97. The number of carboxylic acids is 1. The molecule has 0 bridgehead atoms. The van der Waals surface area contributed by atoms with Crippen molar-refractivity contribution in [2.45, 2.75) is 32.7 Å². The number of likely N-dealkylation sites (tertiary alicyclic amines) is 1. The summed E-state index contributed by atoms with van der Waals surface area (Å²) in [6.45, 7) is 7.50. The van der Waals surface area contributed by atoms with E-state index in [0.717, 1.165) is 25.6 Å². The second kappa shape index (κ2) is 4.34. The Morgan fingerprint density at radius 1 is 1.50 bits per heavy atom. The van der Waals surface area contributed by atoms with Gasteiger partial charge in [-0.1, -0.05) is 0 Å². The predicted octanol–water partition coefficient (Wildman–Crippen LogP) is 0.781. The topological polar surface area (TPSA) is 52.6 Å². The van der Waals surface area contributed by atoms with E-state index in [1.54, 1.807) is 0 Å². The zero-order chi connectivity index (χ0) is 11.8. The van der Waals surface area contributed by atoms with E-state index in [1.165, 1.54) is 12.8 Å². The molecule has 2 atom stereocenters. The maximum atomic E-state index is 11.1. The van der Waals surface area contributed by atoms with Crippen molar-refractivity contribution in [1.29, 1.82) is 0 Å². The van der Waals surface area contributed by atoms with Gasteiger partial charge in [0, 0.05) is 19.1 Å². The first-order chi connectivity index (χ1) is 7.50. The summed E-state index contributed by atoms with van der Waals surface area (Å²) in [6.07, 6.45) is 2.50. The van der Waals surface area contributed by atoms with Gasteiger partial charge < -0.3 is 10.4 Å². The first-order valence-electron chi connectivity index (χ1n) is 6.19. The molecule has 2 saturated heterocycles. The number of nitrogens with zero attached hydrogens (tertiary/aromatic N) is 1. The fourth-order valence-electron chi connectivity index (χ4n) is 2.94. The smallest absolute Gasteiger partial charge is 0.310 e. The molecule has 2 rings (SSSR count). The van der Waals surface area contributed by atoms with Crippen molar-refractivity contribution >= 4 is 5.97 Å². The van der Waals surface area contributed by atoms with E-state index in [1.807, 2.05) is 13.8 Å². The fourth-order valence-corrected chi connectivity index (χ4v) is 2.94. The number of aliphatic carboxylic acids is 1. The molecule has 0 saturated carbocycles. The summed E-state index contributed by atoms with van der Waals surface area (Å²) in [5.41, 5.74) is -0.634. The van der Waals surface area contributed by atoms with Crippen LogP contribution in [0.25, 0.3) is 0 Å². The van der Waals surface area contributed by atoms with Crippen LogP contribution in [-0.2, 0) is 4.79 Å². The van der Waals surface area contributed by atoms with Crippen LogP contribution < -0.4 is 5.32 Å². The molecule has 0 amide bonds. The third-order valence-corrected chi connectivity index (χ3v) is 3.97. The van der Waals surface area contributed by atoms with Crippen LogP contribution in [0.3, 0.4) is 0 Å². The minimum atomic E-state index is -0.694. The van der Waals surface area contributed by atoms with Gasteiger partial charge in [0.15, 0.2) is 0 Å². The molecule has 0 aromatic carbocycles. The van der Waals surface area contributed by atoms with Crippen LogP contribution in [0.15, 0.2) is 0 Å². The van der Waals surface area contributed by atoms with Crippen molar-refractivity contribution < 1.29 is 9.90 Å². The summed E-state index contributed by atoms with van der Waals surface area (Å²) in [5.74, 6) is 0.0407. The maximum Gasteiger partial charge on any atom is 0.310 e. The second-order valence-corrected chi connectivity index (χ2v) is 5.79. The number of rotatable bonds is 3. The summed E-state index contributed by atoms with van der Waals surface area (Å²) in [5, 5.41) is 12.6. The van der Waals surface area contributed by atoms with E-state index in [0.29, 0.717) is 12.6 Å². The van der Waals surface area contributed by atoms with Gasteiger partial charge >= 0.3 is 5.97 Å². The predicted molar refractivity (Wildman–Crippen MR) is 62.4 cm³/mol. The van der Waals surface area contributed by atoms with Gasteiger partial charge in [0.2, 0.25) is 0 Å². The van der Waals surface area contributed by atoms with E-state index < -0.39 is 11.4 Å². The lowest BCUT2D eigenvalue weighted by Crippen LogP contribution is -2.50. The van der Waals surface area contributed by atoms with Gasteiger partial charge in [-0.3, -0.25) is 9.69 Å². The summed E-state index contributed by atoms with van der Waals surface area (Å²) in [6, 6.07) is 0.562. The molecule has 2 N–H and O–H groups in total. The molecule has 16 heavy (non-hydrogen) atoms. The molecule has 2 unspecified atom stereocenters. The third kappa shape index (κ3) is 2.23. The molecule has 0 aromatic rings. The lowest BCUT2D eigenvalue weighted by atomic mass is 9.87. The van der Waals surface area contributed by atoms with Crippen LogP contribution in [0, 0.1) is 11.3 Å². The van der Waals surface area contributed by atoms with Crippen LogP contribution in [-0.4, -0.2) is 48.2 Å². The monoisotopic (exact) mass is 226 g/mol. The Bertz CT molecular complexity index is 278. The molecule has 92 valence electrons. The fraction of sp³-hybridized carbons (Fsp3) is 0.917. The molecular formula is C12H22N2O2. The standard InChI is InChI=1S/C12H22N2O2/c1-12(2,11(15)16)8-14-5-3-4-9-6-13-7-10(9)14/h9-10,13H,3-8H2,1-2H3,(H,15,16). The molecule has 2 aliphatic heterocycles. The zero-order valence-corrected chi connectivity index (χ0v) is 10.2. The van der Waals surface area contributed by atoms with E-state index >= 15 is 0 Å². The molecule has 0 spiro atoms. The minimum Gasteiger partial charge on any atom is -0.481 e. The van der Waals surface area contributed by atoms with E-state index in [9.17, 15) is 9.90 Å². The Morgan fingerprint density at radius 3 is 2.94 bits per heavy atom. The van der Waals surface area contributed by atoms with Crippen molar-refractivity contribution in [1.82, 2.24) is 10.2 Å². The molecule has 2 fully saturated rings. The van der Waals surface area contributed by atoms with Crippen molar-refractivity contribution in [3.63, 3.8) is 0 Å². The highest BCUT2D eigenvalue weighted by Crippen LogP contribution is 2.29. The van der Waals surface area contributed by atoms with E-state index in [4.69, 9.17) is 0 Å². The van der Waals surface area contributed by atoms with Crippen LogP contribution in [0.2, 0.25) is 0 Å². The number of fused-ring (bicyclic) bond motifs is 1. The Kier molecular flexibility index (Phi) is 3.22. The van der Waals surface area contributed by atoms with Gasteiger partial charge in [0.1, 0.15) is 0 Å². The van der Waals surface area contributed by atoms with Gasteiger partial charge in [-0.2, -0.15) is 0 Å². The Hall–Kier alpha value is -0.610. The Balaban J connectivity index is 2.01. The highest BCUT2D eigenvalue weighted by Gasteiger charge is 2.39. The van der Waals surface area contributed by atoms with Gasteiger partial charge in [-0.05, 0) is 45.7 Å². The van der Waals surface area contributed by atoms with Crippen LogP contribution >= 0.6 is 0 Å². The molecule has 0 aliphatic carbocycles. The zero-order valence-electron chi connectivity index (χ0n) is 10.2. The van der Waals surface area contributed by atoms with E-state index in [-0.39, 0.29) is 0 Å². The first-order valence-corrected chi connectivity index (χ1v) is 6.19. The number of piperidine rings is 1. The lowest BCUT2D eigenvalue weighted by Gasteiger charge is -2.40. The van der Waals surface area contributed by atoms with Crippen molar-refractivity contribution in [2.24, 2.45) is 11.3 Å². The number of carboxylic acid groups (broad SMARTS) is 1. The van der Waals surface area contributed by atoms with Crippen molar-refractivity contribution in [3.8, 4) is 0 Å².